The van der Waals surface area contributed by atoms with Crippen LogP contribution in [0.1, 0.15) is 28.8 Å². The third-order valence-electron chi connectivity index (χ3n) is 4.04. The molecule has 1 aromatic carbocycles. The topological polar surface area (TPSA) is 61.8 Å². The quantitative estimate of drug-likeness (QED) is 0.828. The van der Waals surface area contributed by atoms with E-state index in [9.17, 15) is 4.79 Å². The maximum absolute atomic E-state index is 10.8. The lowest BCUT2D eigenvalue weighted by Crippen LogP contribution is -2.46. The summed E-state index contributed by atoms with van der Waals surface area (Å²) in [6.45, 7) is 4.41. The van der Waals surface area contributed by atoms with Gasteiger partial charge in [-0.05, 0) is 30.5 Å². The monoisotopic (exact) mass is 290 g/mol. The standard InChI is InChI=1S/C16H22N2O3/c19-16(20)13-3-1-12(2-4-13)10-18-7-8-21-15(11-18)9-17-14-5-6-14/h1-4,14-15,17H,5-11H2,(H,19,20). The Morgan fingerprint density at radius 3 is 2.76 bits per heavy atom. The van der Waals surface area contributed by atoms with Crippen LogP contribution < -0.4 is 5.32 Å². The summed E-state index contributed by atoms with van der Waals surface area (Å²) in [5.41, 5.74) is 1.49. The molecule has 21 heavy (non-hydrogen) atoms. The lowest BCUT2D eigenvalue weighted by atomic mass is 10.1. The van der Waals surface area contributed by atoms with E-state index in [4.69, 9.17) is 9.84 Å². The molecule has 114 valence electrons. The number of morpholine rings is 1. The van der Waals surface area contributed by atoms with E-state index >= 15 is 0 Å². The first-order chi connectivity index (χ1) is 10.2. The summed E-state index contributed by atoms with van der Waals surface area (Å²) in [6, 6.07) is 7.86. The van der Waals surface area contributed by atoms with Crippen molar-refractivity contribution in [2.75, 3.05) is 26.2 Å². The van der Waals surface area contributed by atoms with Crippen LogP contribution in [0.5, 0.6) is 0 Å². The van der Waals surface area contributed by atoms with E-state index in [1.54, 1.807) is 12.1 Å². The summed E-state index contributed by atoms with van der Waals surface area (Å²) >= 11 is 0. The molecule has 1 saturated heterocycles. The fourth-order valence-electron chi connectivity index (χ4n) is 2.64. The summed E-state index contributed by atoms with van der Waals surface area (Å²) in [7, 11) is 0. The normalized spacial score (nSPS) is 23.1. The highest BCUT2D eigenvalue weighted by Crippen LogP contribution is 2.19. The minimum Gasteiger partial charge on any atom is -0.478 e. The number of rotatable bonds is 6. The van der Waals surface area contributed by atoms with Crippen LogP contribution in [-0.2, 0) is 11.3 Å². The van der Waals surface area contributed by atoms with Crippen molar-refractivity contribution in [1.29, 1.82) is 0 Å². The number of carboxylic acids is 1. The highest BCUT2D eigenvalue weighted by molar-refractivity contribution is 5.87. The molecule has 1 atom stereocenters. The molecule has 1 aliphatic heterocycles. The number of ether oxygens (including phenoxy) is 1. The summed E-state index contributed by atoms with van der Waals surface area (Å²) in [4.78, 5) is 13.2. The molecule has 5 nitrogen and oxygen atoms in total. The van der Waals surface area contributed by atoms with E-state index < -0.39 is 5.97 Å². The maximum Gasteiger partial charge on any atom is 0.335 e. The van der Waals surface area contributed by atoms with Crippen molar-refractivity contribution in [3.63, 3.8) is 0 Å². The van der Waals surface area contributed by atoms with Crippen molar-refractivity contribution < 1.29 is 14.6 Å². The zero-order valence-corrected chi connectivity index (χ0v) is 12.1. The molecule has 1 aromatic rings. The van der Waals surface area contributed by atoms with Gasteiger partial charge >= 0.3 is 5.97 Å². The Balaban J connectivity index is 1.50. The second kappa shape index (κ2) is 6.56. The predicted molar refractivity (Wildman–Crippen MR) is 79.4 cm³/mol. The summed E-state index contributed by atoms with van der Waals surface area (Å²) in [6.07, 6.45) is 2.86. The van der Waals surface area contributed by atoms with Gasteiger partial charge in [0, 0.05) is 32.2 Å². The van der Waals surface area contributed by atoms with Crippen LogP contribution in [0.2, 0.25) is 0 Å². The van der Waals surface area contributed by atoms with Gasteiger partial charge in [0.05, 0.1) is 18.3 Å². The van der Waals surface area contributed by atoms with Gasteiger partial charge in [-0.25, -0.2) is 4.79 Å². The molecule has 1 unspecified atom stereocenters. The van der Waals surface area contributed by atoms with Crippen LogP contribution in [0, 0.1) is 0 Å². The van der Waals surface area contributed by atoms with Gasteiger partial charge in [0.1, 0.15) is 0 Å². The molecule has 3 rings (SSSR count). The van der Waals surface area contributed by atoms with E-state index in [1.165, 1.54) is 12.8 Å². The fraction of sp³-hybridized carbons (Fsp3) is 0.562. The largest absolute Gasteiger partial charge is 0.478 e. The Kier molecular flexibility index (Phi) is 4.53. The van der Waals surface area contributed by atoms with E-state index in [0.29, 0.717) is 11.6 Å². The van der Waals surface area contributed by atoms with Crippen LogP contribution in [0.4, 0.5) is 0 Å². The number of carbonyl (C=O) groups is 1. The molecule has 2 fully saturated rings. The lowest BCUT2D eigenvalue weighted by molar-refractivity contribution is -0.0300. The van der Waals surface area contributed by atoms with E-state index in [-0.39, 0.29) is 6.10 Å². The Morgan fingerprint density at radius 1 is 1.33 bits per heavy atom. The van der Waals surface area contributed by atoms with Crippen molar-refractivity contribution >= 4 is 5.97 Å². The van der Waals surface area contributed by atoms with Gasteiger partial charge in [-0.15, -0.1) is 0 Å². The van der Waals surface area contributed by atoms with E-state index in [0.717, 1.165) is 38.3 Å². The highest BCUT2D eigenvalue weighted by atomic mass is 16.5. The van der Waals surface area contributed by atoms with Crippen molar-refractivity contribution in [2.45, 2.75) is 31.5 Å². The molecule has 1 heterocycles. The predicted octanol–water partition coefficient (Wildman–Crippen LogP) is 1.34. The third kappa shape index (κ3) is 4.27. The molecule has 1 saturated carbocycles. The van der Waals surface area contributed by atoms with Gasteiger partial charge in [-0.1, -0.05) is 12.1 Å². The second-order valence-electron chi connectivity index (χ2n) is 5.91. The first kappa shape index (κ1) is 14.5. The minimum absolute atomic E-state index is 0.262. The number of hydrogen-bond donors (Lipinski definition) is 2. The molecular formula is C16H22N2O3. The van der Waals surface area contributed by atoms with Crippen molar-refractivity contribution in [2.24, 2.45) is 0 Å². The molecule has 5 heteroatoms. The Bertz CT molecular complexity index is 485. The number of benzene rings is 1. The third-order valence-corrected chi connectivity index (χ3v) is 4.04. The molecule has 0 amide bonds. The molecule has 0 aromatic heterocycles. The minimum atomic E-state index is -0.876. The smallest absolute Gasteiger partial charge is 0.335 e. The summed E-state index contributed by atoms with van der Waals surface area (Å²) in [5.74, 6) is -0.876. The van der Waals surface area contributed by atoms with Gasteiger partial charge in [-0.3, -0.25) is 4.90 Å². The van der Waals surface area contributed by atoms with Crippen molar-refractivity contribution in [1.82, 2.24) is 10.2 Å². The Hall–Kier alpha value is -1.43. The van der Waals surface area contributed by atoms with Crippen LogP contribution in [0.25, 0.3) is 0 Å². The zero-order valence-electron chi connectivity index (χ0n) is 12.1. The first-order valence-electron chi connectivity index (χ1n) is 7.60. The number of carboxylic acid groups (broad SMARTS) is 1. The Morgan fingerprint density at radius 2 is 2.10 bits per heavy atom. The molecule has 0 radical (unpaired) electrons. The maximum atomic E-state index is 10.8. The molecule has 2 aliphatic rings. The molecular weight excluding hydrogens is 268 g/mol. The Labute approximate surface area is 124 Å². The van der Waals surface area contributed by atoms with Crippen LogP contribution in [-0.4, -0.2) is 54.4 Å². The molecule has 0 bridgehead atoms. The van der Waals surface area contributed by atoms with Gasteiger partial charge < -0.3 is 15.2 Å². The van der Waals surface area contributed by atoms with Crippen molar-refractivity contribution in [3.05, 3.63) is 35.4 Å². The van der Waals surface area contributed by atoms with E-state index in [1.807, 2.05) is 12.1 Å². The van der Waals surface area contributed by atoms with Gasteiger partial charge in [0.25, 0.3) is 0 Å². The molecule has 0 spiro atoms. The number of nitrogens with zero attached hydrogens (tertiary/aromatic N) is 1. The van der Waals surface area contributed by atoms with Gasteiger partial charge in [-0.2, -0.15) is 0 Å². The van der Waals surface area contributed by atoms with Gasteiger partial charge in [0.2, 0.25) is 0 Å². The average molecular weight is 290 g/mol. The average Bonchev–Trinajstić information content (AvgIpc) is 3.30. The number of aromatic carboxylic acids is 1. The fourth-order valence-corrected chi connectivity index (χ4v) is 2.64. The number of hydrogen-bond acceptors (Lipinski definition) is 4. The van der Waals surface area contributed by atoms with Crippen LogP contribution in [0.15, 0.2) is 24.3 Å². The number of nitrogens with one attached hydrogen (secondary N) is 1. The summed E-state index contributed by atoms with van der Waals surface area (Å²) in [5, 5.41) is 12.4. The van der Waals surface area contributed by atoms with Crippen LogP contribution >= 0.6 is 0 Å². The van der Waals surface area contributed by atoms with Crippen molar-refractivity contribution in [3.8, 4) is 0 Å². The van der Waals surface area contributed by atoms with E-state index in [2.05, 4.69) is 10.2 Å². The molecule has 1 aliphatic carbocycles. The zero-order chi connectivity index (χ0) is 14.7. The SMILES string of the molecule is O=C(O)c1ccc(CN2CCOC(CNC3CC3)C2)cc1. The molecule has 2 N–H and O–H groups in total. The van der Waals surface area contributed by atoms with Gasteiger partial charge in [0.15, 0.2) is 0 Å². The lowest BCUT2D eigenvalue weighted by Gasteiger charge is -2.33. The second-order valence-corrected chi connectivity index (χ2v) is 5.91. The summed E-state index contributed by atoms with van der Waals surface area (Å²) < 4.78 is 5.79. The highest BCUT2D eigenvalue weighted by Gasteiger charge is 2.25. The first-order valence-corrected chi connectivity index (χ1v) is 7.60. The van der Waals surface area contributed by atoms with Crippen LogP contribution in [0.3, 0.4) is 0 Å².